The molecule has 0 radical (unpaired) electrons. The molecule has 1 atom stereocenters. The summed E-state index contributed by atoms with van der Waals surface area (Å²) in [5.41, 5.74) is 12.8. The topological polar surface area (TPSA) is 43.6 Å². The van der Waals surface area contributed by atoms with Crippen molar-refractivity contribution in [2.45, 2.75) is 12.3 Å². The van der Waals surface area contributed by atoms with E-state index in [2.05, 4.69) is 211 Å². The molecule has 0 bridgehead atoms. The van der Waals surface area contributed by atoms with Gasteiger partial charge in [0.15, 0.2) is 5.82 Å². The number of fused-ring (bicyclic) bond motifs is 4. The first-order valence-corrected chi connectivity index (χ1v) is 20.2. The largest absolute Gasteiger partial charge is 0.296 e. The van der Waals surface area contributed by atoms with Crippen LogP contribution in [-0.4, -0.2) is 19.5 Å². The van der Waals surface area contributed by atoms with E-state index in [0.29, 0.717) is 5.82 Å². The zero-order chi connectivity index (χ0) is 39.1. The normalized spacial score (nSPS) is 13.9. The number of hydrogen-bond acceptors (Lipinski definition) is 3. The number of aromatic nitrogens is 4. The minimum absolute atomic E-state index is 0.108. The number of para-hydroxylation sites is 3. The fraction of sp³-hybridized carbons (Fsp3) is 0.0364. The van der Waals surface area contributed by atoms with Crippen molar-refractivity contribution < 1.29 is 0 Å². The van der Waals surface area contributed by atoms with Crippen LogP contribution in [0.3, 0.4) is 0 Å². The maximum atomic E-state index is 5.23. The first kappa shape index (κ1) is 34.5. The molecule has 0 amide bonds. The smallest absolute Gasteiger partial charge is 0.160 e. The lowest BCUT2D eigenvalue weighted by Crippen LogP contribution is -2.08. The van der Waals surface area contributed by atoms with Crippen molar-refractivity contribution in [1.82, 2.24) is 19.5 Å². The summed E-state index contributed by atoms with van der Waals surface area (Å²) >= 11 is 0. The number of nitrogens with zero attached hydrogens (tertiary/aromatic N) is 4. The third kappa shape index (κ3) is 6.41. The third-order valence-electron chi connectivity index (χ3n) is 11.6. The van der Waals surface area contributed by atoms with Gasteiger partial charge in [-0.15, -0.1) is 0 Å². The van der Waals surface area contributed by atoms with Crippen LogP contribution in [0.1, 0.15) is 23.9 Å². The molecule has 1 unspecified atom stereocenters. The van der Waals surface area contributed by atoms with Gasteiger partial charge in [-0.2, -0.15) is 0 Å². The summed E-state index contributed by atoms with van der Waals surface area (Å²) in [6, 6.07) is 68.6. The molecule has 0 spiro atoms. The van der Waals surface area contributed by atoms with Crippen molar-refractivity contribution in [3.8, 4) is 50.6 Å². The lowest BCUT2D eigenvalue weighted by atomic mass is 9.92. The lowest BCUT2D eigenvalue weighted by Gasteiger charge is -2.19. The average Bonchev–Trinajstić information content (AvgIpc) is 3.72. The van der Waals surface area contributed by atoms with Gasteiger partial charge in [-0.25, -0.2) is 15.0 Å². The SMILES string of the molecule is C1=CC(c2nc3ccccc3n2-c2ccccc2)CC=C1c1cc(-c2ccc(-c3cc4ccccc4c4ccccc34)cc2)nc(-c2ccc(-c3ccccc3)cc2)n1. The number of imidazole rings is 1. The van der Waals surface area contributed by atoms with E-state index in [9.17, 15) is 0 Å². The number of hydrogen-bond donors (Lipinski definition) is 0. The summed E-state index contributed by atoms with van der Waals surface area (Å²) in [5, 5.41) is 5.02. The van der Waals surface area contributed by atoms with Gasteiger partial charge in [0.1, 0.15) is 5.82 Å². The van der Waals surface area contributed by atoms with Gasteiger partial charge < -0.3 is 0 Å². The van der Waals surface area contributed by atoms with E-state index >= 15 is 0 Å². The highest BCUT2D eigenvalue weighted by Gasteiger charge is 2.22. The zero-order valence-electron chi connectivity index (χ0n) is 32.3. The quantitative estimate of drug-likeness (QED) is 0.152. The predicted molar refractivity (Wildman–Crippen MR) is 244 cm³/mol. The van der Waals surface area contributed by atoms with Gasteiger partial charge in [0.05, 0.1) is 22.4 Å². The molecule has 2 aromatic heterocycles. The molecule has 0 aliphatic heterocycles. The number of rotatable bonds is 7. The molecule has 59 heavy (non-hydrogen) atoms. The Balaban J connectivity index is 0.975. The molecule has 8 aromatic carbocycles. The van der Waals surface area contributed by atoms with Gasteiger partial charge in [0, 0.05) is 22.7 Å². The first-order chi connectivity index (χ1) is 29.2. The highest BCUT2D eigenvalue weighted by molar-refractivity contribution is 6.13. The molecule has 10 aromatic rings. The van der Waals surface area contributed by atoms with Crippen molar-refractivity contribution in [1.29, 1.82) is 0 Å². The molecule has 2 heterocycles. The van der Waals surface area contributed by atoms with Crippen LogP contribution in [0, 0.1) is 0 Å². The first-order valence-electron chi connectivity index (χ1n) is 20.2. The van der Waals surface area contributed by atoms with E-state index in [1.807, 2.05) is 6.07 Å². The van der Waals surface area contributed by atoms with Crippen LogP contribution in [0.15, 0.2) is 212 Å². The van der Waals surface area contributed by atoms with Crippen LogP contribution in [-0.2, 0) is 0 Å². The minimum Gasteiger partial charge on any atom is -0.296 e. The van der Waals surface area contributed by atoms with Gasteiger partial charge in [0.2, 0.25) is 0 Å². The standard InChI is InChI=1S/C55H38N4/c1-3-13-37(14-4-1)38-23-31-42(32-24-38)54-56-51(40-27-25-39(26-28-40)49-35-44-15-7-8-18-46(44)47-19-9-10-20-48(47)49)36-52(57-54)41-29-33-43(34-30-41)55-58-50-21-11-12-22-53(50)59(55)45-16-5-2-6-17-45/h1-33,35-36,43H,34H2. The highest BCUT2D eigenvalue weighted by Crippen LogP contribution is 2.38. The second-order valence-corrected chi connectivity index (χ2v) is 15.2. The molecule has 1 aliphatic rings. The van der Waals surface area contributed by atoms with Crippen molar-refractivity contribution in [2.75, 3.05) is 0 Å². The van der Waals surface area contributed by atoms with Crippen LogP contribution in [0.25, 0.3) is 88.7 Å². The molecule has 278 valence electrons. The highest BCUT2D eigenvalue weighted by atomic mass is 15.1. The number of benzene rings is 8. The third-order valence-corrected chi connectivity index (χ3v) is 11.6. The van der Waals surface area contributed by atoms with Crippen LogP contribution < -0.4 is 0 Å². The van der Waals surface area contributed by atoms with Crippen LogP contribution in [0.5, 0.6) is 0 Å². The van der Waals surface area contributed by atoms with Gasteiger partial charge in [-0.05, 0) is 92.2 Å². The summed E-state index contributed by atoms with van der Waals surface area (Å²) < 4.78 is 2.30. The Bertz CT molecular complexity index is 3210. The fourth-order valence-corrected chi connectivity index (χ4v) is 8.57. The van der Waals surface area contributed by atoms with E-state index in [1.165, 1.54) is 38.2 Å². The summed E-state index contributed by atoms with van der Waals surface area (Å²) in [5.74, 6) is 1.84. The van der Waals surface area contributed by atoms with Crippen molar-refractivity contribution >= 4 is 38.2 Å². The van der Waals surface area contributed by atoms with E-state index < -0.39 is 0 Å². The molecule has 0 saturated heterocycles. The Morgan fingerprint density at radius 1 is 0.458 bits per heavy atom. The fourth-order valence-electron chi connectivity index (χ4n) is 8.57. The Morgan fingerprint density at radius 3 is 1.85 bits per heavy atom. The molecule has 4 nitrogen and oxygen atoms in total. The average molecular weight is 755 g/mol. The molecule has 0 N–H and O–H groups in total. The van der Waals surface area contributed by atoms with Gasteiger partial charge in [-0.3, -0.25) is 4.57 Å². The van der Waals surface area contributed by atoms with Gasteiger partial charge in [0.25, 0.3) is 0 Å². The van der Waals surface area contributed by atoms with Crippen molar-refractivity contribution in [3.05, 3.63) is 224 Å². The van der Waals surface area contributed by atoms with E-state index in [-0.39, 0.29) is 5.92 Å². The monoisotopic (exact) mass is 754 g/mol. The lowest BCUT2D eigenvalue weighted by molar-refractivity contribution is 0.760. The van der Waals surface area contributed by atoms with Crippen molar-refractivity contribution in [2.24, 2.45) is 0 Å². The Kier molecular flexibility index (Phi) is 8.59. The maximum absolute atomic E-state index is 5.23. The second-order valence-electron chi connectivity index (χ2n) is 15.2. The number of allylic oxidation sites excluding steroid dienone is 4. The second kappa shape index (κ2) is 14.7. The molecule has 0 fully saturated rings. The van der Waals surface area contributed by atoms with Gasteiger partial charge in [-0.1, -0.05) is 176 Å². The Labute approximate surface area is 343 Å². The predicted octanol–water partition coefficient (Wildman–Crippen LogP) is 13.9. The molecule has 0 saturated carbocycles. The maximum Gasteiger partial charge on any atom is 0.160 e. The Morgan fingerprint density at radius 2 is 1.07 bits per heavy atom. The zero-order valence-corrected chi connectivity index (χ0v) is 32.3. The van der Waals surface area contributed by atoms with E-state index in [1.54, 1.807) is 0 Å². The molecule has 11 rings (SSSR count). The summed E-state index contributed by atoms with van der Waals surface area (Å²) in [4.78, 5) is 15.6. The molecular formula is C55H38N4. The molecular weight excluding hydrogens is 717 g/mol. The minimum atomic E-state index is 0.108. The van der Waals surface area contributed by atoms with E-state index in [4.69, 9.17) is 15.0 Å². The molecule has 4 heteroatoms. The molecule has 1 aliphatic carbocycles. The Hall–Kier alpha value is -7.69. The van der Waals surface area contributed by atoms with Crippen LogP contribution in [0.4, 0.5) is 0 Å². The van der Waals surface area contributed by atoms with Crippen molar-refractivity contribution in [3.63, 3.8) is 0 Å². The summed E-state index contributed by atoms with van der Waals surface area (Å²) in [6.07, 6.45) is 7.61. The summed E-state index contributed by atoms with van der Waals surface area (Å²) in [6.45, 7) is 0. The van der Waals surface area contributed by atoms with Crippen LogP contribution >= 0.6 is 0 Å². The van der Waals surface area contributed by atoms with Gasteiger partial charge >= 0.3 is 0 Å². The summed E-state index contributed by atoms with van der Waals surface area (Å²) in [7, 11) is 0. The van der Waals surface area contributed by atoms with E-state index in [0.717, 1.165) is 62.6 Å². The van der Waals surface area contributed by atoms with Crippen LogP contribution in [0.2, 0.25) is 0 Å².